The van der Waals surface area contributed by atoms with Crippen molar-refractivity contribution in [2.24, 2.45) is 23.7 Å². The molecule has 6 nitrogen and oxygen atoms in total. The van der Waals surface area contributed by atoms with Crippen molar-refractivity contribution in [1.82, 2.24) is 4.72 Å². The number of benzene rings is 1. The lowest BCUT2D eigenvalue weighted by Gasteiger charge is -2.41. The molecular weight excluding hydrogens is 450 g/mol. The first-order chi connectivity index (χ1) is 16.0. The Kier molecular flexibility index (Phi) is 9.37. The van der Waals surface area contributed by atoms with E-state index < -0.39 is 28.3 Å². The zero-order valence-corrected chi connectivity index (χ0v) is 21.8. The van der Waals surface area contributed by atoms with E-state index in [2.05, 4.69) is 10.8 Å². The highest BCUT2D eigenvalue weighted by molar-refractivity contribution is 7.89. The summed E-state index contributed by atoms with van der Waals surface area (Å²) in [4.78, 5) is 0.255. The molecule has 7 heteroatoms. The molecule has 2 aliphatic rings. The highest BCUT2D eigenvalue weighted by atomic mass is 32.2. The van der Waals surface area contributed by atoms with Gasteiger partial charge in [-0.3, -0.25) is 0 Å². The van der Waals surface area contributed by atoms with Gasteiger partial charge in [0.2, 0.25) is 10.0 Å². The molecule has 0 amide bonds. The van der Waals surface area contributed by atoms with Crippen molar-refractivity contribution in [1.29, 1.82) is 0 Å². The van der Waals surface area contributed by atoms with E-state index in [1.54, 1.807) is 24.3 Å². The Morgan fingerprint density at radius 2 is 1.74 bits per heavy atom. The number of nitrogens with one attached hydrogen (secondary N) is 1. The van der Waals surface area contributed by atoms with Crippen LogP contribution in [0.4, 0.5) is 0 Å². The SMILES string of the molecule is CCC(O)C(O)CC1CCCCC1/C=C1\C(C)C(NS(=O)(=O)c2ccc(C)cc2)CC(C)C1O. The van der Waals surface area contributed by atoms with Crippen LogP contribution in [0.3, 0.4) is 0 Å². The molecule has 0 saturated heterocycles. The monoisotopic (exact) mass is 493 g/mol. The van der Waals surface area contributed by atoms with Gasteiger partial charge in [-0.25, -0.2) is 13.1 Å². The molecule has 2 saturated carbocycles. The van der Waals surface area contributed by atoms with Gasteiger partial charge >= 0.3 is 0 Å². The van der Waals surface area contributed by atoms with Crippen molar-refractivity contribution in [2.75, 3.05) is 0 Å². The van der Waals surface area contributed by atoms with Crippen LogP contribution < -0.4 is 4.72 Å². The number of aliphatic hydroxyl groups excluding tert-OH is 3. The molecule has 8 unspecified atom stereocenters. The third kappa shape index (κ3) is 6.49. The Labute approximate surface area is 205 Å². The lowest BCUT2D eigenvalue weighted by Crippen LogP contribution is -2.48. The maximum Gasteiger partial charge on any atom is 0.240 e. The van der Waals surface area contributed by atoms with E-state index in [4.69, 9.17) is 0 Å². The fourth-order valence-electron chi connectivity index (χ4n) is 5.68. The molecule has 192 valence electrons. The van der Waals surface area contributed by atoms with E-state index in [9.17, 15) is 23.7 Å². The van der Waals surface area contributed by atoms with Gasteiger partial charge in [-0.1, -0.05) is 57.4 Å². The van der Waals surface area contributed by atoms with Crippen molar-refractivity contribution in [3.8, 4) is 0 Å². The van der Waals surface area contributed by atoms with Gasteiger partial charge in [0.25, 0.3) is 0 Å². The molecule has 0 heterocycles. The van der Waals surface area contributed by atoms with E-state index in [0.29, 0.717) is 19.3 Å². The van der Waals surface area contributed by atoms with Gasteiger partial charge in [0.1, 0.15) is 0 Å². The largest absolute Gasteiger partial charge is 0.390 e. The number of rotatable bonds is 8. The van der Waals surface area contributed by atoms with Gasteiger partial charge in [0, 0.05) is 6.04 Å². The maximum absolute atomic E-state index is 13.1. The zero-order valence-electron chi connectivity index (χ0n) is 21.0. The van der Waals surface area contributed by atoms with E-state index in [1.165, 1.54) is 0 Å². The molecule has 8 atom stereocenters. The smallest absolute Gasteiger partial charge is 0.240 e. The summed E-state index contributed by atoms with van der Waals surface area (Å²) in [5.41, 5.74) is 1.91. The molecule has 0 spiro atoms. The highest BCUT2D eigenvalue weighted by Crippen LogP contribution is 2.40. The van der Waals surface area contributed by atoms with Gasteiger partial charge < -0.3 is 15.3 Å². The van der Waals surface area contributed by atoms with Crippen LogP contribution >= 0.6 is 0 Å². The Morgan fingerprint density at radius 3 is 2.38 bits per heavy atom. The maximum atomic E-state index is 13.1. The Morgan fingerprint density at radius 1 is 1.09 bits per heavy atom. The number of aryl methyl sites for hydroxylation is 1. The minimum Gasteiger partial charge on any atom is -0.390 e. The second kappa shape index (κ2) is 11.7. The van der Waals surface area contributed by atoms with Crippen LogP contribution in [0.15, 0.2) is 40.8 Å². The highest BCUT2D eigenvalue weighted by Gasteiger charge is 2.39. The zero-order chi connectivity index (χ0) is 25.0. The van der Waals surface area contributed by atoms with Gasteiger partial charge in [-0.2, -0.15) is 0 Å². The predicted octanol–water partition coefficient (Wildman–Crippen LogP) is 3.93. The van der Waals surface area contributed by atoms with E-state index in [0.717, 1.165) is 36.8 Å². The molecule has 0 aliphatic heterocycles. The van der Waals surface area contributed by atoms with Crippen LogP contribution in [-0.4, -0.2) is 48.1 Å². The molecule has 0 aromatic heterocycles. The molecule has 0 bridgehead atoms. The van der Waals surface area contributed by atoms with Crippen LogP contribution in [0.5, 0.6) is 0 Å². The summed E-state index contributed by atoms with van der Waals surface area (Å²) < 4.78 is 29.0. The molecular formula is C27H43NO5S. The number of aliphatic hydroxyl groups is 3. The number of sulfonamides is 1. The van der Waals surface area contributed by atoms with Crippen molar-refractivity contribution in [3.05, 3.63) is 41.5 Å². The van der Waals surface area contributed by atoms with E-state index in [1.807, 2.05) is 27.7 Å². The predicted molar refractivity (Wildman–Crippen MR) is 135 cm³/mol. The topological polar surface area (TPSA) is 107 Å². The lowest BCUT2D eigenvalue weighted by atomic mass is 9.70. The van der Waals surface area contributed by atoms with Crippen LogP contribution in [0.25, 0.3) is 0 Å². The third-order valence-corrected chi connectivity index (χ3v) is 9.56. The van der Waals surface area contributed by atoms with E-state index in [-0.39, 0.29) is 34.6 Å². The molecule has 34 heavy (non-hydrogen) atoms. The summed E-state index contributed by atoms with van der Waals surface area (Å²) in [6, 6.07) is 6.55. The normalized spacial score (nSPS) is 33.6. The number of hydrogen-bond acceptors (Lipinski definition) is 5. The van der Waals surface area contributed by atoms with Crippen molar-refractivity contribution < 1.29 is 23.7 Å². The average molecular weight is 494 g/mol. The van der Waals surface area contributed by atoms with E-state index >= 15 is 0 Å². The number of allylic oxidation sites excluding steroid dienone is 1. The third-order valence-electron chi connectivity index (χ3n) is 8.05. The molecule has 3 rings (SSSR count). The van der Waals surface area contributed by atoms with Crippen LogP contribution in [0, 0.1) is 30.6 Å². The quantitative estimate of drug-likeness (QED) is 0.411. The van der Waals surface area contributed by atoms with Crippen LogP contribution in [-0.2, 0) is 10.0 Å². The van der Waals surface area contributed by atoms with Crippen molar-refractivity contribution in [2.45, 2.75) is 102 Å². The minimum absolute atomic E-state index is 0.0669. The fourth-order valence-corrected chi connectivity index (χ4v) is 7.01. The second-order valence-electron chi connectivity index (χ2n) is 10.6. The first kappa shape index (κ1) is 27.3. The molecule has 2 aliphatic carbocycles. The summed E-state index contributed by atoms with van der Waals surface area (Å²) in [6.45, 7) is 7.76. The fraction of sp³-hybridized carbons (Fsp3) is 0.704. The van der Waals surface area contributed by atoms with Crippen molar-refractivity contribution in [3.63, 3.8) is 0 Å². The molecule has 1 aromatic carbocycles. The molecule has 1 aromatic rings. The Bertz CT molecular complexity index is 929. The van der Waals surface area contributed by atoms with Crippen LogP contribution in [0.2, 0.25) is 0 Å². The Hall–Kier alpha value is -1.25. The van der Waals surface area contributed by atoms with Gasteiger partial charge in [0.15, 0.2) is 0 Å². The molecule has 2 fully saturated rings. The van der Waals surface area contributed by atoms with Gasteiger partial charge in [-0.05, 0) is 80.4 Å². The average Bonchev–Trinajstić information content (AvgIpc) is 2.80. The number of hydrogen-bond donors (Lipinski definition) is 4. The lowest BCUT2D eigenvalue weighted by molar-refractivity contribution is -0.00413. The summed E-state index contributed by atoms with van der Waals surface area (Å²) >= 11 is 0. The summed E-state index contributed by atoms with van der Waals surface area (Å²) in [5, 5.41) is 31.6. The first-order valence-electron chi connectivity index (χ1n) is 12.9. The van der Waals surface area contributed by atoms with Gasteiger partial charge in [0.05, 0.1) is 23.2 Å². The standard InChI is InChI=1S/C27H43NO5S/c1-5-25(29)26(30)16-21-9-7-6-8-20(21)15-23-19(4)24(14-18(3)27(23)31)28-34(32,33)22-12-10-17(2)11-13-22/h10-13,15,18-21,24-31H,5-9,14,16H2,1-4H3/b23-15+. The first-order valence-corrected chi connectivity index (χ1v) is 14.4. The molecule has 4 N–H and O–H groups in total. The Balaban J connectivity index is 1.81. The summed E-state index contributed by atoms with van der Waals surface area (Å²) in [6.07, 6.45) is 5.93. The van der Waals surface area contributed by atoms with Crippen LogP contribution in [0.1, 0.15) is 71.3 Å². The van der Waals surface area contributed by atoms with Gasteiger partial charge in [-0.15, -0.1) is 0 Å². The summed E-state index contributed by atoms with van der Waals surface area (Å²) in [5.74, 6) is 0.249. The minimum atomic E-state index is -3.67. The summed E-state index contributed by atoms with van der Waals surface area (Å²) in [7, 11) is -3.67. The molecule has 0 radical (unpaired) electrons. The second-order valence-corrected chi connectivity index (χ2v) is 12.4. The van der Waals surface area contributed by atoms with Crippen molar-refractivity contribution >= 4 is 10.0 Å².